The first-order valence-corrected chi connectivity index (χ1v) is 5.54. The Morgan fingerprint density at radius 2 is 2.41 bits per heavy atom. The molecule has 0 aliphatic carbocycles. The van der Waals surface area contributed by atoms with E-state index in [1.165, 1.54) is 6.39 Å². The van der Waals surface area contributed by atoms with Gasteiger partial charge in [-0.3, -0.25) is 4.79 Å². The number of fused-ring (bicyclic) bond motifs is 1. The zero-order chi connectivity index (χ0) is 11.8. The third kappa shape index (κ3) is 1.68. The number of hydrogen-bond acceptors (Lipinski definition) is 4. The lowest BCUT2D eigenvalue weighted by molar-refractivity contribution is -0.141. The van der Waals surface area contributed by atoms with Crippen LogP contribution in [0.1, 0.15) is 18.0 Å². The van der Waals surface area contributed by atoms with Gasteiger partial charge in [0.2, 0.25) is 0 Å². The highest BCUT2D eigenvalue weighted by Crippen LogP contribution is 2.31. The van der Waals surface area contributed by atoms with Gasteiger partial charge in [-0.1, -0.05) is 12.1 Å². The SMILES string of the molecule is O=C(O)C1CNC(c2cccc3ocnc23)C1. The standard InChI is InChI=1S/C12H12N2O3/c15-12(16)7-4-9(13-5-7)8-2-1-3-10-11(8)14-6-17-10/h1-3,6-7,9,13H,4-5H2,(H,15,16). The molecule has 0 amide bonds. The van der Waals surface area contributed by atoms with Gasteiger partial charge in [0.05, 0.1) is 5.92 Å². The molecule has 0 saturated carbocycles. The minimum Gasteiger partial charge on any atom is -0.481 e. The van der Waals surface area contributed by atoms with Crippen LogP contribution in [0.25, 0.3) is 11.1 Å². The van der Waals surface area contributed by atoms with Crippen molar-refractivity contribution in [3.63, 3.8) is 0 Å². The molecule has 1 aromatic carbocycles. The maximum atomic E-state index is 10.9. The number of carboxylic acid groups (broad SMARTS) is 1. The van der Waals surface area contributed by atoms with E-state index in [0.29, 0.717) is 13.0 Å². The summed E-state index contributed by atoms with van der Waals surface area (Å²) in [6, 6.07) is 5.77. The van der Waals surface area contributed by atoms with E-state index in [0.717, 1.165) is 16.7 Å². The van der Waals surface area contributed by atoms with Crippen LogP contribution in [0.3, 0.4) is 0 Å². The van der Waals surface area contributed by atoms with Crippen LogP contribution in [0.2, 0.25) is 0 Å². The van der Waals surface area contributed by atoms with Crippen LogP contribution in [0.5, 0.6) is 0 Å². The van der Waals surface area contributed by atoms with Gasteiger partial charge in [-0.25, -0.2) is 4.98 Å². The van der Waals surface area contributed by atoms with E-state index >= 15 is 0 Å². The number of hydrogen-bond donors (Lipinski definition) is 2. The highest BCUT2D eigenvalue weighted by molar-refractivity contribution is 5.77. The van der Waals surface area contributed by atoms with Gasteiger partial charge in [0.1, 0.15) is 5.52 Å². The molecular formula is C12H12N2O3. The number of benzene rings is 1. The second-order valence-electron chi connectivity index (χ2n) is 4.28. The van der Waals surface area contributed by atoms with E-state index in [1.54, 1.807) is 0 Å². The van der Waals surface area contributed by atoms with Crippen molar-refractivity contribution in [3.05, 3.63) is 30.2 Å². The van der Waals surface area contributed by atoms with E-state index in [4.69, 9.17) is 9.52 Å². The molecule has 2 heterocycles. The fourth-order valence-electron chi connectivity index (χ4n) is 2.35. The Bertz CT molecular complexity index is 564. The van der Waals surface area contributed by atoms with Crippen LogP contribution in [0.4, 0.5) is 0 Å². The van der Waals surface area contributed by atoms with E-state index in [9.17, 15) is 4.79 Å². The molecule has 0 spiro atoms. The van der Waals surface area contributed by atoms with Crippen molar-refractivity contribution in [2.45, 2.75) is 12.5 Å². The van der Waals surface area contributed by atoms with Gasteiger partial charge in [0, 0.05) is 12.6 Å². The van der Waals surface area contributed by atoms with E-state index < -0.39 is 5.97 Å². The Labute approximate surface area is 97.5 Å². The largest absolute Gasteiger partial charge is 0.481 e. The van der Waals surface area contributed by atoms with E-state index in [1.807, 2.05) is 18.2 Å². The number of rotatable bonds is 2. The molecule has 5 heteroatoms. The van der Waals surface area contributed by atoms with Crippen molar-refractivity contribution < 1.29 is 14.3 Å². The number of oxazole rings is 1. The molecule has 2 unspecified atom stereocenters. The number of nitrogens with zero attached hydrogens (tertiary/aromatic N) is 1. The van der Waals surface area contributed by atoms with Crippen LogP contribution < -0.4 is 5.32 Å². The normalized spacial score (nSPS) is 24.2. The van der Waals surface area contributed by atoms with Crippen molar-refractivity contribution in [3.8, 4) is 0 Å². The molecular weight excluding hydrogens is 220 g/mol. The highest BCUT2D eigenvalue weighted by atomic mass is 16.4. The molecule has 1 aliphatic heterocycles. The Hall–Kier alpha value is -1.88. The lowest BCUT2D eigenvalue weighted by Gasteiger charge is -2.10. The monoisotopic (exact) mass is 232 g/mol. The summed E-state index contributed by atoms with van der Waals surface area (Å²) in [5, 5.41) is 12.2. The Kier molecular flexibility index (Phi) is 2.33. The number of aromatic nitrogens is 1. The van der Waals surface area contributed by atoms with Crippen molar-refractivity contribution >= 4 is 17.1 Å². The Morgan fingerprint density at radius 3 is 3.18 bits per heavy atom. The summed E-state index contributed by atoms with van der Waals surface area (Å²) >= 11 is 0. The smallest absolute Gasteiger partial charge is 0.307 e. The first-order valence-electron chi connectivity index (χ1n) is 5.54. The summed E-state index contributed by atoms with van der Waals surface area (Å²) in [5.41, 5.74) is 2.57. The molecule has 1 aromatic heterocycles. The average molecular weight is 232 g/mol. The Balaban J connectivity index is 1.95. The molecule has 0 radical (unpaired) electrons. The molecule has 2 aromatic rings. The molecule has 0 bridgehead atoms. The van der Waals surface area contributed by atoms with Crippen LogP contribution >= 0.6 is 0 Å². The minimum absolute atomic E-state index is 0.0462. The predicted octanol–water partition coefficient (Wildman–Crippen LogP) is 1.56. The quantitative estimate of drug-likeness (QED) is 0.821. The zero-order valence-electron chi connectivity index (χ0n) is 9.09. The third-order valence-corrected chi connectivity index (χ3v) is 3.25. The molecule has 5 nitrogen and oxygen atoms in total. The van der Waals surface area contributed by atoms with Gasteiger partial charge in [-0.05, 0) is 18.1 Å². The molecule has 88 valence electrons. The van der Waals surface area contributed by atoms with Crippen LogP contribution in [0, 0.1) is 5.92 Å². The van der Waals surface area contributed by atoms with Gasteiger partial charge in [-0.15, -0.1) is 0 Å². The van der Waals surface area contributed by atoms with Crippen molar-refractivity contribution in [2.24, 2.45) is 5.92 Å². The van der Waals surface area contributed by atoms with Crippen LogP contribution in [-0.4, -0.2) is 22.6 Å². The van der Waals surface area contributed by atoms with Crippen molar-refractivity contribution in [1.29, 1.82) is 0 Å². The first kappa shape index (κ1) is 10.3. The lowest BCUT2D eigenvalue weighted by atomic mass is 9.99. The van der Waals surface area contributed by atoms with Gasteiger partial charge in [0.15, 0.2) is 12.0 Å². The summed E-state index contributed by atoms with van der Waals surface area (Å²) in [7, 11) is 0. The summed E-state index contributed by atoms with van der Waals surface area (Å²) in [4.78, 5) is 15.1. The zero-order valence-corrected chi connectivity index (χ0v) is 9.09. The van der Waals surface area contributed by atoms with Crippen LogP contribution in [-0.2, 0) is 4.79 Å². The number of nitrogens with one attached hydrogen (secondary N) is 1. The fraction of sp³-hybridized carbons (Fsp3) is 0.333. The summed E-state index contributed by atoms with van der Waals surface area (Å²) in [5.74, 6) is -1.06. The van der Waals surface area contributed by atoms with Gasteiger partial charge >= 0.3 is 5.97 Å². The first-order chi connectivity index (χ1) is 8.25. The van der Waals surface area contributed by atoms with Gasteiger partial charge < -0.3 is 14.8 Å². The van der Waals surface area contributed by atoms with Crippen molar-refractivity contribution in [1.82, 2.24) is 10.3 Å². The topological polar surface area (TPSA) is 75.4 Å². The minimum atomic E-state index is -0.743. The number of aliphatic carboxylic acids is 1. The second-order valence-corrected chi connectivity index (χ2v) is 4.28. The molecule has 1 saturated heterocycles. The number of carboxylic acids is 1. The summed E-state index contributed by atoms with van der Waals surface area (Å²) in [6.45, 7) is 0.508. The molecule has 2 N–H and O–H groups in total. The van der Waals surface area contributed by atoms with Gasteiger partial charge in [0.25, 0.3) is 0 Å². The maximum absolute atomic E-state index is 10.9. The number of carbonyl (C=O) groups is 1. The predicted molar refractivity (Wildman–Crippen MR) is 60.5 cm³/mol. The summed E-state index contributed by atoms with van der Waals surface area (Å²) < 4.78 is 5.24. The van der Waals surface area contributed by atoms with Crippen LogP contribution in [0.15, 0.2) is 29.0 Å². The summed E-state index contributed by atoms with van der Waals surface area (Å²) in [6.07, 6.45) is 2.01. The Morgan fingerprint density at radius 1 is 1.53 bits per heavy atom. The average Bonchev–Trinajstić information content (AvgIpc) is 2.97. The molecule has 2 atom stereocenters. The van der Waals surface area contributed by atoms with E-state index in [2.05, 4.69) is 10.3 Å². The van der Waals surface area contributed by atoms with E-state index in [-0.39, 0.29) is 12.0 Å². The third-order valence-electron chi connectivity index (χ3n) is 3.25. The second kappa shape index (κ2) is 3.85. The molecule has 3 rings (SSSR count). The number of para-hydroxylation sites is 1. The lowest BCUT2D eigenvalue weighted by Crippen LogP contribution is -2.17. The molecule has 1 fully saturated rings. The molecule has 17 heavy (non-hydrogen) atoms. The molecule has 1 aliphatic rings. The maximum Gasteiger partial charge on any atom is 0.307 e. The fourth-order valence-corrected chi connectivity index (χ4v) is 2.35. The van der Waals surface area contributed by atoms with Crippen molar-refractivity contribution in [2.75, 3.05) is 6.54 Å². The van der Waals surface area contributed by atoms with Gasteiger partial charge in [-0.2, -0.15) is 0 Å². The highest BCUT2D eigenvalue weighted by Gasteiger charge is 2.31.